The van der Waals surface area contributed by atoms with Gasteiger partial charge in [0.05, 0.1) is 22.0 Å². The minimum Gasteiger partial charge on any atom is -0.506 e. The van der Waals surface area contributed by atoms with Gasteiger partial charge in [0.1, 0.15) is 17.4 Å². The van der Waals surface area contributed by atoms with Crippen molar-refractivity contribution in [3.63, 3.8) is 0 Å². The van der Waals surface area contributed by atoms with Crippen molar-refractivity contribution >= 4 is 50.1 Å². The molecule has 3 N–H and O–H groups in total. The van der Waals surface area contributed by atoms with Crippen molar-refractivity contribution in [1.82, 2.24) is 4.31 Å². The topological polar surface area (TPSA) is 110 Å². The first-order valence-corrected chi connectivity index (χ1v) is 12.7. The van der Waals surface area contributed by atoms with E-state index in [1.807, 2.05) is 0 Å². The number of aromatic hydroxyl groups is 1. The number of phenols is 1. The standard InChI is InChI=1S/C22H21F2N3O5S2/c23-14-5-6-19(17(24)11-14)26-7-9-27(10-8-26)34(31,32)25-18-12-20(33-13-21(28)29)22(30)16-4-2-1-3-15(16)18/h1-6,11-12,25,30H,7-10,13H2,(H,28,29). The van der Waals surface area contributed by atoms with Gasteiger partial charge in [-0.05, 0) is 18.2 Å². The fourth-order valence-corrected chi connectivity index (χ4v) is 5.73. The number of nitrogens with one attached hydrogen (secondary N) is 1. The van der Waals surface area contributed by atoms with Crippen LogP contribution < -0.4 is 9.62 Å². The maximum atomic E-state index is 14.1. The van der Waals surface area contributed by atoms with Crippen LogP contribution in [0.4, 0.5) is 20.2 Å². The minimum absolute atomic E-state index is 0.0722. The summed E-state index contributed by atoms with van der Waals surface area (Å²) in [4.78, 5) is 12.8. The normalized spacial score (nSPS) is 14.9. The highest BCUT2D eigenvalue weighted by atomic mass is 32.2. The fraction of sp³-hybridized carbons (Fsp3) is 0.227. The number of carboxylic acids is 1. The molecule has 180 valence electrons. The average molecular weight is 510 g/mol. The van der Waals surface area contributed by atoms with E-state index in [-0.39, 0.29) is 54.0 Å². The van der Waals surface area contributed by atoms with E-state index in [1.54, 1.807) is 29.2 Å². The van der Waals surface area contributed by atoms with Crippen LogP contribution in [0.2, 0.25) is 0 Å². The lowest BCUT2D eigenvalue weighted by Crippen LogP contribution is -2.50. The second kappa shape index (κ2) is 9.65. The molecule has 8 nitrogen and oxygen atoms in total. The van der Waals surface area contributed by atoms with Gasteiger partial charge in [0, 0.05) is 43.0 Å². The van der Waals surface area contributed by atoms with Gasteiger partial charge < -0.3 is 15.1 Å². The van der Waals surface area contributed by atoms with Gasteiger partial charge >= 0.3 is 16.2 Å². The van der Waals surface area contributed by atoms with Crippen LogP contribution in [0.1, 0.15) is 0 Å². The van der Waals surface area contributed by atoms with Crippen molar-refractivity contribution in [2.45, 2.75) is 4.90 Å². The van der Waals surface area contributed by atoms with E-state index in [2.05, 4.69) is 4.72 Å². The number of rotatable bonds is 7. The zero-order valence-corrected chi connectivity index (χ0v) is 19.4. The number of phenolic OH excluding ortho intramolecular Hbond substituents is 1. The van der Waals surface area contributed by atoms with Gasteiger partial charge in [0.15, 0.2) is 0 Å². The lowest BCUT2D eigenvalue weighted by molar-refractivity contribution is -0.133. The van der Waals surface area contributed by atoms with Crippen LogP contribution in [0.15, 0.2) is 53.4 Å². The molecule has 0 spiro atoms. The van der Waals surface area contributed by atoms with E-state index in [4.69, 9.17) is 5.11 Å². The molecule has 0 amide bonds. The predicted octanol–water partition coefficient (Wildman–Crippen LogP) is 3.48. The van der Waals surface area contributed by atoms with E-state index in [9.17, 15) is 27.1 Å². The third-order valence-corrected chi connectivity index (χ3v) is 7.94. The first-order valence-electron chi connectivity index (χ1n) is 10.2. The quantitative estimate of drug-likeness (QED) is 0.330. The van der Waals surface area contributed by atoms with Crippen LogP contribution in [0.5, 0.6) is 5.75 Å². The highest BCUT2D eigenvalue weighted by Gasteiger charge is 2.29. The summed E-state index contributed by atoms with van der Waals surface area (Å²) in [6, 6.07) is 11.3. The third kappa shape index (κ3) is 5.03. The van der Waals surface area contributed by atoms with Crippen LogP contribution in [0.25, 0.3) is 10.8 Å². The van der Waals surface area contributed by atoms with E-state index < -0.39 is 27.8 Å². The molecule has 34 heavy (non-hydrogen) atoms. The van der Waals surface area contributed by atoms with Gasteiger partial charge in [0.2, 0.25) is 0 Å². The van der Waals surface area contributed by atoms with Crippen molar-refractivity contribution in [2.24, 2.45) is 0 Å². The summed E-state index contributed by atoms with van der Waals surface area (Å²) in [5, 5.41) is 20.4. The van der Waals surface area contributed by atoms with Crippen molar-refractivity contribution in [3.8, 4) is 5.75 Å². The van der Waals surface area contributed by atoms with Crippen molar-refractivity contribution in [1.29, 1.82) is 0 Å². The summed E-state index contributed by atoms with van der Waals surface area (Å²) in [5.74, 6) is -2.90. The predicted molar refractivity (Wildman–Crippen MR) is 127 cm³/mol. The molecule has 3 aromatic rings. The van der Waals surface area contributed by atoms with E-state index in [0.717, 1.165) is 23.9 Å². The van der Waals surface area contributed by atoms with Crippen LogP contribution in [-0.4, -0.2) is 60.8 Å². The van der Waals surface area contributed by atoms with Gasteiger partial charge in [-0.2, -0.15) is 12.7 Å². The lowest BCUT2D eigenvalue weighted by atomic mass is 10.1. The van der Waals surface area contributed by atoms with Crippen LogP contribution in [0, 0.1) is 11.6 Å². The zero-order chi connectivity index (χ0) is 24.5. The maximum absolute atomic E-state index is 14.1. The zero-order valence-electron chi connectivity index (χ0n) is 17.7. The molecule has 4 rings (SSSR count). The molecule has 0 saturated carbocycles. The summed E-state index contributed by atoms with van der Waals surface area (Å²) in [6.45, 7) is 0.560. The van der Waals surface area contributed by atoms with Crippen molar-refractivity contribution < 1.29 is 32.2 Å². The molecule has 3 aromatic carbocycles. The Balaban J connectivity index is 1.56. The number of nitrogens with zero attached hydrogens (tertiary/aromatic N) is 2. The van der Waals surface area contributed by atoms with E-state index in [0.29, 0.717) is 10.8 Å². The molecule has 1 fully saturated rings. The van der Waals surface area contributed by atoms with Gasteiger partial charge in [-0.15, -0.1) is 11.8 Å². The van der Waals surface area contributed by atoms with Gasteiger partial charge in [-0.3, -0.25) is 9.52 Å². The smallest absolute Gasteiger partial charge is 0.313 e. The van der Waals surface area contributed by atoms with Crippen molar-refractivity contribution in [3.05, 3.63) is 60.2 Å². The summed E-state index contributed by atoms with van der Waals surface area (Å²) < 4.78 is 57.3. The molecular formula is C22H21F2N3O5S2. The number of benzene rings is 3. The minimum atomic E-state index is -4.02. The summed E-state index contributed by atoms with van der Waals surface area (Å²) in [7, 11) is -4.02. The molecule has 0 radical (unpaired) electrons. The largest absolute Gasteiger partial charge is 0.506 e. The van der Waals surface area contributed by atoms with Crippen molar-refractivity contribution in [2.75, 3.05) is 41.6 Å². The molecule has 0 aliphatic carbocycles. The Hall–Kier alpha value is -3.09. The molecule has 1 aliphatic rings. The Labute approximate surface area is 199 Å². The Morgan fingerprint density at radius 1 is 1.03 bits per heavy atom. The van der Waals surface area contributed by atoms with E-state index >= 15 is 0 Å². The highest BCUT2D eigenvalue weighted by molar-refractivity contribution is 8.00. The highest BCUT2D eigenvalue weighted by Crippen LogP contribution is 2.40. The monoisotopic (exact) mass is 509 g/mol. The number of fused-ring (bicyclic) bond motifs is 1. The first-order chi connectivity index (χ1) is 16.2. The second-order valence-corrected chi connectivity index (χ2v) is 10.3. The Kier molecular flexibility index (Phi) is 6.82. The lowest BCUT2D eigenvalue weighted by Gasteiger charge is -2.35. The Morgan fingerprint density at radius 2 is 1.71 bits per heavy atom. The molecule has 0 bridgehead atoms. The molecular weight excluding hydrogens is 488 g/mol. The Bertz CT molecular complexity index is 1350. The van der Waals surface area contributed by atoms with E-state index in [1.165, 1.54) is 16.4 Å². The number of hydrogen-bond donors (Lipinski definition) is 3. The molecule has 0 aromatic heterocycles. The number of halogens is 2. The molecule has 0 unspecified atom stereocenters. The molecule has 1 aliphatic heterocycles. The number of thioether (sulfide) groups is 1. The molecule has 0 atom stereocenters. The van der Waals surface area contributed by atoms with Gasteiger partial charge in [-0.1, -0.05) is 24.3 Å². The second-order valence-electron chi connectivity index (χ2n) is 7.59. The fourth-order valence-electron chi connectivity index (χ4n) is 3.78. The number of hydrogen-bond acceptors (Lipinski definition) is 6. The average Bonchev–Trinajstić information content (AvgIpc) is 2.80. The summed E-state index contributed by atoms with van der Waals surface area (Å²) in [5.41, 5.74) is 0.407. The number of carboxylic acid groups (broad SMARTS) is 1. The molecule has 1 heterocycles. The van der Waals surface area contributed by atoms with Crippen LogP contribution in [-0.2, 0) is 15.0 Å². The van der Waals surface area contributed by atoms with Crippen LogP contribution >= 0.6 is 11.8 Å². The molecule has 1 saturated heterocycles. The number of anilines is 2. The summed E-state index contributed by atoms with van der Waals surface area (Å²) >= 11 is 0.879. The third-order valence-electron chi connectivity index (χ3n) is 5.40. The Morgan fingerprint density at radius 3 is 2.35 bits per heavy atom. The van der Waals surface area contributed by atoms with Gasteiger partial charge in [0.25, 0.3) is 0 Å². The number of carbonyl (C=O) groups is 1. The number of aliphatic carboxylic acids is 1. The summed E-state index contributed by atoms with van der Waals surface area (Å²) in [6.07, 6.45) is 0. The first kappa shape index (κ1) is 24.0. The maximum Gasteiger partial charge on any atom is 0.313 e. The number of piperazine rings is 1. The molecule has 12 heteroatoms. The van der Waals surface area contributed by atoms with Gasteiger partial charge in [-0.25, -0.2) is 8.78 Å². The SMILES string of the molecule is O=C(O)CSc1cc(NS(=O)(=O)N2CCN(c3ccc(F)cc3F)CC2)c2ccccc2c1O. The van der Waals surface area contributed by atoms with Crippen LogP contribution in [0.3, 0.4) is 0 Å².